The fourth-order valence-corrected chi connectivity index (χ4v) is 3.30. The molecule has 4 heteroatoms. The number of nitrogens with two attached hydrogens (primary N) is 1. The van der Waals surface area contributed by atoms with Gasteiger partial charge in [-0.05, 0) is 24.2 Å². The van der Waals surface area contributed by atoms with Gasteiger partial charge in [0.15, 0.2) is 0 Å². The highest BCUT2D eigenvalue weighted by molar-refractivity contribution is 7.99. The van der Waals surface area contributed by atoms with E-state index in [0.717, 1.165) is 33.5 Å². The third-order valence-corrected chi connectivity index (χ3v) is 4.13. The molecule has 1 heterocycles. The highest BCUT2D eigenvalue weighted by Gasteiger charge is 2.11. The van der Waals surface area contributed by atoms with E-state index in [2.05, 4.69) is 18.8 Å². The van der Waals surface area contributed by atoms with Crippen molar-refractivity contribution in [3.63, 3.8) is 0 Å². The largest absolute Gasteiger partial charge is 0.384 e. The molecular weight excluding hydrogens is 254 g/mol. The van der Waals surface area contributed by atoms with Gasteiger partial charge in [0.25, 0.3) is 0 Å². The maximum absolute atomic E-state index is 7.70. The minimum absolute atomic E-state index is 0.0882. The zero-order valence-corrected chi connectivity index (χ0v) is 12.1. The Balaban J connectivity index is 2.41. The van der Waals surface area contributed by atoms with Crippen LogP contribution in [-0.2, 0) is 0 Å². The summed E-state index contributed by atoms with van der Waals surface area (Å²) in [6.45, 7) is 4.44. The summed E-state index contributed by atoms with van der Waals surface area (Å²) in [6, 6.07) is 8.02. The van der Waals surface area contributed by atoms with Gasteiger partial charge in [-0.25, -0.2) is 0 Å². The maximum Gasteiger partial charge on any atom is 0.125 e. The van der Waals surface area contributed by atoms with Gasteiger partial charge in [-0.15, -0.1) is 11.8 Å². The van der Waals surface area contributed by atoms with E-state index in [1.165, 1.54) is 0 Å². The lowest BCUT2D eigenvalue weighted by atomic mass is 10.1. The molecule has 0 saturated heterocycles. The molecule has 0 atom stereocenters. The lowest BCUT2D eigenvalue weighted by Crippen LogP contribution is -2.13. The van der Waals surface area contributed by atoms with E-state index in [9.17, 15) is 0 Å². The summed E-state index contributed by atoms with van der Waals surface area (Å²) in [6.07, 6.45) is 2.86. The fraction of sp³-hybridized carbons (Fsp3) is 0.333. The Morgan fingerprint density at radius 2 is 2.11 bits per heavy atom. The molecule has 3 N–H and O–H groups in total. The average molecular weight is 273 g/mol. The number of aromatic nitrogens is 1. The molecule has 0 radical (unpaired) electrons. The predicted octanol–water partition coefficient (Wildman–Crippen LogP) is 3.66. The van der Waals surface area contributed by atoms with Gasteiger partial charge >= 0.3 is 0 Å². The number of nitrogens with one attached hydrogen (secondary N) is 1. The van der Waals surface area contributed by atoms with Crippen molar-refractivity contribution in [2.75, 3.05) is 5.75 Å². The number of benzene rings is 1. The van der Waals surface area contributed by atoms with Gasteiger partial charge in [-0.1, -0.05) is 32.0 Å². The fourth-order valence-electron chi connectivity index (χ4n) is 1.86. The summed E-state index contributed by atoms with van der Waals surface area (Å²) >= 11 is 1.77. The summed E-state index contributed by atoms with van der Waals surface area (Å²) in [5.74, 6) is 1.80. The summed E-state index contributed by atoms with van der Waals surface area (Å²) in [5, 5.41) is 8.78. The summed E-state index contributed by atoms with van der Waals surface area (Å²) in [7, 11) is 0. The number of nitrogen functional groups attached to an aromatic ring is 1. The molecule has 0 amide bonds. The second kappa shape index (κ2) is 6.06. The summed E-state index contributed by atoms with van der Waals surface area (Å²) < 4.78 is 0. The van der Waals surface area contributed by atoms with E-state index in [1.807, 2.05) is 24.3 Å². The number of nitrogens with zero attached hydrogens (tertiary/aromatic N) is 1. The monoisotopic (exact) mass is 273 g/mol. The molecule has 0 saturated carbocycles. The van der Waals surface area contributed by atoms with Gasteiger partial charge in [-0.2, -0.15) is 0 Å². The molecule has 0 bridgehead atoms. The minimum Gasteiger partial charge on any atom is -0.384 e. The number of rotatable bonds is 5. The Hall–Kier alpha value is -1.55. The Kier molecular flexibility index (Phi) is 4.43. The van der Waals surface area contributed by atoms with Crippen molar-refractivity contribution in [2.45, 2.75) is 25.2 Å². The molecule has 3 nitrogen and oxygen atoms in total. The first kappa shape index (κ1) is 13.9. The van der Waals surface area contributed by atoms with Crippen LogP contribution in [-0.4, -0.2) is 16.6 Å². The van der Waals surface area contributed by atoms with Crippen LogP contribution in [0, 0.1) is 11.3 Å². The van der Waals surface area contributed by atoms with Gasteiger partial charge in [0.2, 0.25) is 0 Å². The van der Waals surface area contributed by atoms with Crippen molar-refractivity contribution in [3.05, 3.63) is 36.0 Å². The van der Waals surface area contributed by atoms with E-state index in [1.54, 1.807) is 18.0 Å². The van der Waals surface area contributed by atoms with Crippen molar-refractivity contribution in [3.8, 4) is 0 Å². The van der Waals surface area contributed by atoms with Crippen LogP contribution >= 0.6 is 11.8 Å². The van der Waals surface area contributed by atoms with E-state index in [0.29, 0.717) is 5.92 Å². The lowest BCUT2D eigenvalue weighted by Gasteiger charge is -2.11. The number of para-hydroxylation sites is 1. The Morgan fingerprint density at radius 3 is 2.79 bits per heavy atom. The number of pyridine rings is 1. The molecule has 19 heavy (non-hydrogen) atoms. The van der Waals surface area contributed by atoms with Gasteiger partial charge < -0.3 is 5.73 Å². The Bertz CT molecular complexity index is 593. The maximum atomic E-state index is 7.70. The van der Waals surface area contributed by atoms with Crippen molar-refractivity contribution < 1.29 is 0 Å². The Morgan fingerprint density at radius 1 is 1.37 bits per heavy atom. The molecule has 2 aromatic rings. The van der Waals surface area contributed by atoms with Crippen LogP contribution in [0.1, 0.15) is 25.8 Å². The highest BCUT2D eigenvalue weighted by Crippen LogP contribution is 2.31. The van der Waals surface area contributed by atoms with Crippen LogP contribution in [0.5, 0.6) is 0 Å². The van der Waals surface area contributed by atoms with Crippen LogP contribution < -0.4 is 5.73 Å². The SMILES string of the molecule is CC(C)CCSc1c(C(=N)N)cnc2ccccc12. The molecular formula is C15H19N3S. The van der Waals surface area contributed by atoms with Crippen LogP contribution in [0.3, 0.4) is 0 Å². The molecule has 0 spiro atoms. The predicted molar refractivity (Wildman–Crippen MR) is 82.9 cm³/mol. The van der Waals surface area contributed by atoms with Gasteiger partial charge in [-0.3, -0.25) is 10.4 Å². The standard InChI is InChI=1S/C15H19N3S/c1-10(2)7-8-19-14-11-5-3-4-6-13(11)18-9-12(14)15(16)17/h3-6,9-10H,7-8H2,1-2H3,(H3,16,17). The van der Waals surface area contributed by atoms with E-state index in [-0.39, 0.29) is 5.84 Å². The van der Waals surface area contributed by atoms with Gasteiger partial charge in [0, 0.05) is 22.0 Å². The number of hydrogen-bond donors (Lipinski definition) is 2. The Labute approximate surface area is 118 Å². The molecule has 0 unspecified atom stereocenters. The molecule has 0 aliphatic rings. The number of amidine groups is 1. The number of hydrogen-bond acceptors (Lipinski definition) is 3. The first-order valence-corrected chi connectivity index (χ1v) is 7.43. The zero-order valence-electron chi connectivity index (χ0n) is 11.3. The van der Waals surface area contributed by atoms with Crippen LogP contribution in [0.15, 0.2) is 35.4 Å². The molecule has 0 fully saturated rings. The molecule has 0 aliphatic carbocycles. The number of fused-ring (bicyclic) bond motifs is 1. The molecule has 1 aromatic carbocycles. The van der Waals surface area contributed by atoms with Crippen LogP contribution in [0.4, 0.5) is 0 Å². The van der Waals surface area contributed by atoms with Crippen LogP contribution in [0.2, 0.25) is 0 Å². The smallest absolute Gasteiger partial charge is 0.125 e. The third-order valence-electron chi connectivity index (χ3n) is 2.96. The number of thioether (sulfide) groups is 1. The van der Waals surface area contributed by atoms with E-state index in [4.69, 9.17) is 11.1 Å². The van der Waals surface area contributed by atoms with Crippen molar-refractivity contribution in [1.82, 2.24) is 4.98 Å². The van der Waals surface area contributed by atoms with E-state index < -0.39 is 0 Å². The van der Waals surface area contributed by atoms with Gasteiger partial charge in [0.1, 0.15) is 5.84 Å². The first-order valence-electron chi connectivity index (χ1n) is 6.44. The third kappa shape index (κ3) is 3.26. The topological polar surface area (TPSA) is 62.8 Å². The van der Waals surface area contributed by atoms with E-state index >= 15 is 0 Å². The van der Waals surface area contributed by atoms with Crippen molar-refractivity contribution >= 4 is 28.5 Å². The van der Waals surface area contributed by atoms with Crippen LogP contribution in [0.25, 0.3) is 10.9 Å². The first-order chi connectivity index (χ1) is 9.09. The normalized spacial score (nSPS) is 11.1. The lowest BCUT2D eigenvalue weighted by molar-refractivity contribution is 0.632. The molecule has 100 valence electrons. The highest BCUT2D eigenvalue weighted by atomic mass is 32.2. The summed E-state index contributed by atoms with van der Waals surface area (Å²) in [5.41, 5.74) is 7.37. The summed E-state index contributed by atoms with van der Waals surface area (Å²) in [4.78, 5) is 5.45. The average Bonchev–Trinajstić information content (AvgIpc) is 2.38. The second-order valence-corrected chi connectivity index (χ2v) is 6.07. The molecule has 0 aliphatic heterocycles. The molecule has 2 rings (SSSR count). The molecule has 1 aromatic heterocycles. The second-order valence-electron chi connectivity index (χ2n) is 4.96. The van der Waals surface area contributed by atoms with Crippen molar-refractivity contribution in [2.24, 2.45) is 11.7 Å². The van der Waals surface area contributed by atoms with Crippen molar-refractivity contribution in [1.29, 1.82) is 5.41 Å². The quantitative estimate of drug-likeness (QED) is 0.496. The minimum atomic E-state index is 0.0882. The van der Waals surface area contributed by atoms with Gasteiger partial charge in [0.05, 0.1) is 5.52 Å². The zero-order chi connectivity index (χ0) is 13.8.